The van der Waals surface area contributed by atoms with E-state index in [0.717, 1.165) is 0 Å². The number of carbonyl (C=O) groups excluding carboxylic acids is 1. The minimum absolute atomic E-state index is 0.0169. The highest BCUT2D eigenvalue weighted by atomic mass is 35.5. The van der Waals surface area contributed by atoms with Crippen molar-refractivity contribution in [1.82, 2.24) is 4.98 Å². The summed E-state index contributed by atoms with van der Waals surface area (Å²) in [4.78, 5) is 32.6. The van der Waals surface area contributed by atoms with Gasteiger partial charge in [-0.1, -0.05) is 35.9 Å². The average molecular weight is 419 g/mol. The van der Waals surface area contributed by atoms with Crippen molar-refractivity contribution in [3.63, 3.8) is 0 Å². The molecule has 0 saturated carbocycles. The molecule has 2 aromatic carbocycles. The molecule has 2 aromatic heterocycles. The number of halogens is 1. The first kappa shape index (κ1) is 18.4. The summed E-state index contributed by atoms with van der Waals surface area (Å²) < 4.78 is 11.3. The monoisotopic (exact) mass is 418 g/mol. The molecule has 3 heterocycles. The molecule has 0 radical (unpaired) electrons. The van der Waals surface area contributed by atoms with Crippen LogP contribution in [0.3, 0.4) is 0 Å². The SMILES string of the molecule is COc1cccc([C@H]2c3c(oc4ccccc4c3=O)C(=O)N2c2ccc(Cl)cn2)c1. The second kappa shape index (κ2) is 7.00. The summed E-state index contributed by atoms with van der Waals surface area (Å²) in [6.45, 7) is 0. The first-order chi connectivity index (χ1) is 14.6. The molecular weight excluding hydrogens is 404 g/mol. The largest absolute Gasteiger partial charge is 0.497 e. The van der Waals surface area contributed by atoms with Gasteiger partial charge in [-0.2, -0.15) is 0 Å². The third-order valence-electron chi connectivity index (χ3n) is 5.15. The van der Waals surface area contributed by atoms with E-state index >= 15 is 0 Å². The number of fused-ring (bicyclic) bond motifs is 2. The van der Waals surface area contributed by atoms with Crippen molar-refractivity contribution in [1.29, 1.82) is 0 Å². The van der Waals surface area contributed by atoms with Gasteiger partial charge in [-0.15, -0.1) is 0 Å². The van der Waals surface area contributed by atoms with E-state index in [9.17, 15) is 9.59 Å². The highest BCUT2D eigenvalue weighted by Crippen LogP contribution is 2.41. The van der Waals surface area contributed by atoms with Crippen molar-refractivity contribution in [2.75, 3.05) is 12.0 Å². The Kier molecular flexibility index (Phi) is 4.29. The lowest BCUT2D eigenvalue weighted by molar-refractivity contribution is 0.0970. The van der Waals surface area contributed by atoms with Gasteiger partial charge in [-0.25, -0.2) is 4.98 Å². The van der Waals surface area contributed by atoms with Crippen molar-refractivity contribution in [3.05, 3.63) is 99.0 Å². The summed E-state index contributed by atoms with van der Waals surface area (Å²) in [5.41, 5.74) is 1.11. The van der Waals surface area contributed by atoms with Crippen molar-refractivity contribution in [3.8, 4) is 5.75 Å². The predicted octanol–water partition coefficient (Wildman–Crippen LogP) is 4.60. The minimum Gasteiger partial charge on any atom is -0.497 e. The maximum Gasteiger partial charge on any atom is 0.296 e. The van der Waals surface area contributed by atoms with Crippen LogP contribution in [0.15, 0.2) is 76.1 Å². The van der Waals surface area contributed by atoms with Crippen LogP contribution in [0.5, 0.6) is 5.75 Å². The highest BCUT2D eigenvalue weighted by molar-refractivity contribution is 6.30. The Morgan fingerprint density at radius 1 is 1.07 bits per heavy atom. The van der Waals surface area contributed by atoms with E-state index in [1.807, 2.05) is 12.1 Å². The number of amides is 1. The predicted molar refractivity (Wildman–Crippen MR) is 113 cm³/mol. The van der Waals surface area contributed by atoms with E-state index in [1.54, 1.807) is 55.6 Å². The van der Waals surface area contributed by atoms with Crippen LogP contribution in [0.1, 0.15) is 27.7 Å². The molecule has 4 aromatic rings. The van der Waals surface area contributed by atoms with E-state index in [-0.39, 0.29) is 16.8 Å². The lowest BCUT2D eigenvalue weighted by Gasteiger charge is -2.24. The van der Waals surface area contributed by atoms with Crippen molar-refractivity contribution in [2.45, 2.75) is 6.04 Å². The number of aromatic nitrogens is 1. The normalized spacial score (nSPS) is 15.5. The van der Waals surface area contributed by atoms with Crippen LogP contribution in [0.2, 0.25) is 5.02 Å². The Hall–Kier alpha value is -3.64. The van der Waals surface area contributed by atoms with Gasteiger partial charge in [-0.3, -0.25) is 14.5 Å². The Morgan fingerprint density at radius 3 is 2.67 bits per heavy atom. The number of rotatable bonds is 3. The van der Waals surface area contributed by atoms with E-state index in [1.165, 1.54) is 11.1 Å². The Labute approximate surface area is 176 Å². The molecule has 0 aliphatic carbocycles. The molecule has 1 amide bonds. The molecule has 1 aliphatic rings. The Morgan fingerprint density at radius 2 is 1.90 bits per heavy atom. The molecular formula is C23H15ClN2O4. The third kappa shape index (κ3) is 2.76. The van der Waals surface area contributed by atoms with Crippen LogP contribution >= 0.6 is 11.6 Å². The summed E-state index contributed by atoms with van der Waals surface area (Å²) in [5.74, 6) is 0.563. The second-order valence-corrected chi connectivity index (χ2v) is 7.30. The standard InChI is InChI=1S/C23H15ClN2O4/c1-29-15-6-4-5-13(11-15)20-19-21(27)16-7-2-3-8-17(16)30-22(19)23(28)26(20)18-10-9-14(24)12-25-18/h2-12,20H,1H3/t20-/m0/s1. The minimum atomic E-state index is -0.711. The second-order valence-electron chi connectivity index (χ2n) is 6.86. The quantitative estimate of drug-likeness (QED) is 0.486. The molecule has 7 heteroatoms. The number of anilines is 1. The lowest BCUT2D eigenvalue weighted by atomic mass is 9.98. The Balaban J connectivity index is 1.81. The number of benzene rings is 2. The molecule has 5 rings (SSSR count). The molecule has 0 unspecified atom stereocenters. The van der Waals surface area contributed by atoms with Crippen LogP contribution in [0.4, 0.5) is 5.82 Å². The van der Waals surface area contributed by atoms with Gasteiger partial charge in [0, 0.05) is 6.20 Å². The van der Waals surface area contributed by atoms with Crippen LogP contribution in [0.25, 0.3) is 11.0 Å². The number of methoxy groups -OCH3 is 1. The fraction of sp³-hybridized carbons (Fsp3) is 0.0870. The van der Waals surface area contributed by atoms with Gasteiger partial charge in [0.05, 0.1) is 29.1 Å². The number of hydrogen-bond acceptors (Lipinski definition) is 5. The molecule has 148 valence electrons. The topological polar surface area (TPSA) is 72.6 Å². The van der Waals surface area contributed by atoms with E-state index in [2.05, 4.69) is 4.98 Å². The lowest BCUT2D eigenvalue weighted by Crippen LogP contribution is -2.30. The molecule has 0 N–H and O–H groups in total. The number of nitrogens with zero attached hydrogens (tertiary/aromatic N) is 2. The van der Waals surface area contributed by atoms with Crippen LogP contribution in [-0.4, -0.2) is 18.0 Å². The first-order valence-electron chi connectivity index (χ1n) is 9.23. The van der Waals surface area contributed by atoms with E-state index in [4.69, 9.17) is 20.8 Å². The molecule has 0 spiro atoms. The van der Waals surface area contributed by atoms with Crippen LogP contribution in [0, 0.1) is 0 Å². The van der Waals surface area contributed by atoms with Gasteiger partial charge >= 0.3 is 0 Å². The van der Waals surface area contributed by atoms with Crippen LogP contribution < -0.4 is 15.1 Å². The summed E-state index contributed by atoms with van der Waals surface area (Å²) in [5, 5.41) is 0.864. The number of pyridine rings is 1. The number of hydrogen-bond donors (Lipinski definition) is 0. The average Bonchev–Trinajstić information content (AvgIpc) is 3.07. The summed E-state index contributed by atoms with van der Waals surface area (Å²) in [6, 6.07) is 16.7. The van der Waals surface area contributed by atoms with Crippen molar-refractivity contribution in [2.24, 2.45) is 0 Å². The third-order valence-corrected chi connectivity index (χ3v) is 5.37. The molecule has 1 aliphatic heterocycles. The maximum atomic E-state index is 13.4. The molecule has 0 fully saturated rings. The van der Waals surface area contributed by atoms with Gasteiger partial charge in [0.2, 0.25) is 5.76 Å². The van der Waals surface area contributed by atoms with Gasteiger partial charge in [0.25, 0.3) is 5.91 Å². The van der Waals surface area contributed by atoms with Gasteiger partial charge in [-0.05, 0) is 42.0 Å². The zero-order valence-corrected chi connectivity index (χ0v) is 16.6. The fourth-order valence-electron chi connectivity index (χ4n) is 3.79. The van der Waals surface area contributed by atoms with Crippen LogP contribution in [-0.2, 0) is 0 Å². The zero-order valence-electron chi connectivity index (χ0n) is 15.8. The zero-order chi connectivity index (χ0) is 20.8. The molecule has 30 heavy (non-hydrogen) atoms. The molecule has 1 atom stereocenters. The van der Waals surface area contributed by atoms with E-state index < -0.39 is 11.9 Å². The van der Waals surface area contributed by atoms with Gasteiger partial charge in [0.1, 0.15) is 17.2 Å². The smallest absolute Gasteiger partial charge is 0.296 e. The first-order valence-corrected chi connectivity index (χ1v) is 9.61. The highest BCUT2D eigenvalue weighted by Gasteiger charge is 2.44. The molecule has 6 nitrogen and oxygen atoms in total. The number of ether oxygens (including phenoxy) is 1. The van der Waals surface area contributed by atoms with E-state index in [0.29, 0.717) is 33.1 Å². The Bertz CT molecular complexity index is 1350. The number of carbonyl (C=O) groups is 1. The maximum absolute atomic E-state index is 13.4. The number of para-hydroxylation sites is 1. The summed E-state index contributed by atoms with van der Waals surface area (Å²) in [7, 11) is 1.56. The fourth-order valence-corrected chi connectivity index (χ4v) is 3.91. The van der Waals surface area contributed by atoms with Gasteiger partial charge in [0.15, 0.2) is 5.43 Å². The van der Waals surface area contributed by atoms with Crippen molar-refractivity contribution < 1.29 is 13.9 Å². The molecule has 0 saturated heterocycles. The molecule has 0 bridgehead atoms. The van der Waals surface area contributed by atoms with Gasteiger partial charge < -0.3 is 9.15 Å². The summed E-state index contributed by atoms with van der Waals surface area (Å²) >= 11 is 5.98. The van der Waals surface area contributed by atoms with Crippen molar-refractivity contribution >= 4 is 34.3 Å². The summed E-state index contributed by atoms with van der Waals surface area (Å²) in [6.07, 6.45) is 1.46.